The molecule has 1 unspecified atom stereocenters. The Hall–Kier alpha value is -5.74. The highest BCUT2D eigenvalue weighted by molar-refractivity contribution is 6.26. The molecular weight excluding hydrogens is 667 g/mol. The highest BCUT2D eigenvalue weighted by Crippen LogP contribution is 2.45. The second kappa shape index (κ2) is 15.9. The summed E-state index contributed by atoms with van der Waals surface area (Å²) in [6.45, 7) is 5.52. The smallest absolute Gasteiger partial charge is 0.0537 e. The zero-order chi connectivity index (χ0) is 36.4. The van der Waals surface area contributed by atoms with E-state index in [9.17, 15) is 0 Å². The Kier molecular flexibility index (Phi) is 10.5. The van der Waals surface area contributed by atoms with Gasteiger partial charge in [0.15, 0.2) is 0 Å². The van der Waals surface area contributed by atoms with Crippen LogP contribution in [-0.4, -0.2) is 6.54 Å². The summed E-state index contributed by atoms with van der Waals surface area (Å²) in [6, 6.07) is 37.1. The molecule has 55 heavy (non-hydrogen) atoms. The quantitative estimate of drug-likeness (QED) is 0.122. The molecule has 4 aliphatic rings. The average Bonchev–Trinajstić information content (AvgIpc) is 4.09. The normalized spacial score (nSPS) is 17.5. The molecule has 6 aromatic rings. The van der Waals surface area contributed by atoms with Crippen molar-refractivity contribution in [1.29, 1.82) is 0 Å². The van der Waals surface area contributed by atoms with Crippen LogP contribution in [0.15, 0.2) is 175 Å². The Balaban J connectivity index is 0.00000102. The van der Waals surface area contributed by atoms with Gasteiger partial charge in [-0.25, -0.2) is 0 Å². The first kappa shape index (κ1) is 36.2. The molecule has 0 amide bonds. The summed E-state index contributed by atoms with van der Waals surface area (Å²) in [5.74, 6) is 0. The lowest BCUT2D eigenvalue weighted by Gasteiger charge is -2.29. The third-order valence-electron chi connectivity index (χ3n) is 11.1. The Bertz CT molecular complexity index is 2550. The molecule has 1 atom stereocenters. The van der Waals surface area contributed by atoms with Crippen molar-refractivity contribution in [3.05, 3.63) is 197 Å². The number of anilines is 2. The number of nitrogens with zero attached hydrogens (tertiary/aromatic N) is 1. The Morgan fingerprint density at radius 2 is 1.53 bits per heavy atom. The van der Waals surface area contributed by atoms with Crippen LogP contribution >= 0.6 is 0 Å². The van der Waals surface area contributed by atoms with Gasteiger partial charge in [-0.3, -0.25) is 0 Å². The predicted octanol–water partition coefficient (Wildman–Crippen LogP) is 13.9. The van der Waals surface area contributed by atoms with Gasteiger partial charge in [-0.05, 0) is 111 Å². The van der Waals surface area contributed by atoms with Gasteiger partial charge < -0.3 is 16.4 Å². The molecule has 0 aromatic heterocycles. The molecule has 0 bridgehead atoms. The van der Waals surface area contributed by atoms with Crippen molar-refractivity contribution < 1.29 is 0 Å². The number of nitrogens with one attached hydrogen (secondary N) is 1. The Morgan fingerprint density at radius 3 is 2.31 bits per heavy atom. The van der Waals surface area contributed by atoms with E-state index in [2.05, 4.69) is 182 Å². The van der Waals surface area contributed by atoms with Gasteiger partial charge in [0.2, 0.25) is 0 Å². The summed E-state index contributed by atoms with van der Waals surface area (Å²) in [4.78, 5) is 2.48. The molecule has 4 N–H and O–H groups in total. The van der Waals surface area contributed by atoms with E-state index in [0.717, 1.165) is 25.8 Å². The van der Waals surface area contributed by atoms with Crippen LogP contribution in [0.3, 0.4) is 0 Å². The van der Waals surface area contributed by atoms with Crippen molar-refractivity contribution in [3.8, 4) is 0 Å². The lowest BCUT2D eigenvalue weighted by atomic mass is 9.86. The molecule has 1 saturated carbocycles. The first-order valence-corrected chi connectivity index (χ1v) is 19.8. The first-order valence-electron chi connectivity index (χ1n) is 19.8. The van der Waals surface area contributed by atoms with E-state index in [1.54, 1.807) is 0 Å². The predicted molar refractivity (Wildman–Crippen MR) is 238 cm³/mol. The number of allylic oxidation sites excluding steroid dienone is 13. The van der Waals surface area contributed by atoms with Crippen LogP contribution in [-0.2, 0) is 6.42 Å². The second-order valence-corrected chi connectivity index (χ2v) is 15.2. The largest absolute Gasteiger partial charge is 0.344 e. The molecule has 274 valence electrons. The molecule has 2 fully saturated rings. The SMILES string of the molecule is C1CC1.CC1=CCC=C(C=C(Cc2cc(C)c3ccc4c(N(C5=CC=CC=CC5)c5ccc(C6CN6)cc5)ccc5ccc2c3c54)c2ccccc2)C=C1.N. The van der Waals surface area contributed by atoms with Crippen molar-refractivity contribution >= 4 is 49.3 Å². The molecular formula is C52H51N3. The van der Waals surface area contributed by atoms with E-state index in [1.807, 2.05) is 0 Å². The molecule has 3 aliphatic carbocycles. The van der Waals surface area contributed by atoms with Gasteiger partial charge in [0, 0.05) is 35.8 Å². The lowest BCUT2D eigenvalue weighted by Crippen LogP contribution is -2.16. The number of hydrogen-bond acceptors (Lipinski definition) is 3. The van der Waals surface area contributed by atoms with Gasteiger partial charge in [0.25, 0.3) is 0 Å². The van der Waals surface area contributed by atoms with Gasteiger partial charge in [-0.1, -0.05) is 158 Å². The maximum Gasteiger partial charge on any atom is 0.0537 e. The minimum Gasteiger partial charge on any atom is -0.344 e. The fourth-order valence-corrected chi connectivity index (χ4v) is 7.98. The van der Waals surface area contributed by atoms with Crippen molar-refractivity contribution in [2.75, 3.05) is 11.4 Å². The van der Waals surface area contributed by atoms with Crippen LogP contribution in [0.2, 0.25) is 0 Å². The van der Waals surface area contributed by atoms with Crippen LogP contribution in [0.1, 0.15) is 67.3 Å². The molecule has 10 rings (SSSR count). The third kappa shape index (κ3) is 7.77. The van der Waals surface area contributed by atoms with Gasteiger partial charge in [0.1, 0.15) is 0 Å². The third-order valence-corrected chi connectivity index (χ3v) is 11.1. The summed E-state index contributed by atoms with van der Waals surface area (Å²) in [5, 5.41) is 11.4. The van der Waals surface area contributed by atoms with Crippen molar-refractivity contribution in [3.63, 3.8) is 0 Å². The maximum atomic E-state index is 3.46. The lowest BCUT2D eigenvalue weighted by molar-refractivity contribution is 1.06. The van der Waals surface area contributed by atoms with Crippen molar-refractivity contribution in [2.45, 2.75) is 58.4 Å². The van der Waals surface area contributed by atoms with E-state index in [4.69, 9.17) is 0 Å². The van der Waals surface area contributed by atoms with Crippen LogP contribution < -0.4 is 16.4 Å². The van der Waals surface area contributed by atoms with Crippen molar-refractivity contribution in [1.82, 2.24) is 11.5 Å². The molecule has 1 heterocycles. The fraction of sp³-hybridized carbons (Fsp3) is 0.192. The summed E-state index contributed by atoms with van der Waals surface area (Å²) in [6.07, 6.45) is 29.6. The maximum absolute atomic E-state index is 3.46. The average molecular weight is 718 g/mol. The Morgan fingerprint density at radius 1 is 0.764 bits per heavy atom. The van der Waals surface area contributed by atoms with Crippen LogP contribution in [0, 0.1) is 6.92 Å². The Labute approximate surface area is 326 Å². The molecule has 1 saturated heterocycles. The number of aryl methyl sites for hydroxylation is 1. The van der Waals surface area contributed by atoms with Crippen LogP contribution in [0.25, 0.3) is 37.9 Å². The number of hydrogen-bond donors (Lipinski definition) is 2. The summed E-state index contributed by atoms with van der Waals surface area (Å²) >= 11 is 0. The molecule has 3 heteroatoms. The van der Waals surface area contributed by atoms with Gasteiger partial charge in [-0.15, -0.1) is 0 Å². The fourth-order valence-electron chi connectivity index (χ4n) is 7.98. The summed E-state index contributed by atoms with van der Waals surface area (Å²) in [5.41, 5.74) is 12.9. The molecule has 0 radical (unpaired) electrons. The molecule has 6 aromatic carbocycles. The minimum atomic E-state index is 0. The van der Waals surface area contributed by atoms with E-state index >= 15 is 0 Å². The highest BCUT2D eigenvalue weighted by atomic mass is 15.2. The molecule has 0 spiro atoms. The zero-order valence-corrected chi connectivity index (χ0v) is 32.2. The number of benzene rings is 6. The van der Waals surface area contributed by atoms with Gasteiger partial charge in [-0.2, -0.15) is 0 Å². The highest BCUT2D eigenvalue weighted by Gasteiger charge is 2.24. The molecule has 3 nitrogen and oxygen atoms in total. The molecule has 1 aliphatic heterocycles. The van der Waals surface area contributed by atoms with Crippen molar-refractivity contribution in [2.24, 2.45) is 0 Å². The minimum absolute atomic E-state index is 0. The summed E-state index contributed by atoms with van der Waals surface area (Å²) in [7, 11) is 0. The van der Waals surface area contributed by atoms with E-state index in [0.29, 0.717) is 6.04 Å². The number of rotatable bonds is 8. The van der Waals surface area contributed by atoms with Crippen LogP contribution in [0.4, 0.5) is 11.4 Å². The monoisotopic (exact) mass is 717 g/mol. The first-order chi connectivity index (χ1) is 26.6. The second-order valence-electron chi connectivity index (χ2n) is 15.2. The van der Waals surface area contributed by atoms with E-state index < -0.39 is 0 Å². The van der Waals surface area contributed by atoms with Gasteiger partial charge >= 0.3 is 0 Å². The summed E-state index contributed by atoms with van der Waals surface area (Å²) < 4.78 is 0. The van der Waals surface area contributed by atoms with Gasteiger partial charge in [0.05, 0.1) is 5.69 Å². The van der Waals surface area contributed by atoms with E-state index in [1.165, 1.54) is 108 Å². The topological polar surface area (TPSA) is 60.2 Å². The zero-order valence-electron chi connectivity index (χ0n) is 32.2. The van der Waals surface area contributed by atoms with Crippen LogP contribution in [0.5, 0.6) is 0 Å². The van der Waals surface area contributed by atoms with E-state index in [-0.39, 0.29) is 6.15 Å². The standard InChI is InChI=1S/C49H42N2.C3H6.H3N/c1-33-11-10-12-35(18-17-33)30-39(36-13-6-5-7-14-36)31-40-29-34(2)43-26-27-45-47(28-22-38-21-25-44(40)49(43)48(38)45)51(41-15-8-3-4-9-16-41)42-23-19-37(20-24-42)46-32-50-46;1-2-3-1;/h3-9,11-15,17-30,46,50H,10,16,31-32H2,1-2H3;1-3H2;1H3.